The number of hydrogen-bond donors (Lipinski definition) is 0. The van der Waals surface area contributed by atoms with Gasteiger partial charge >= 0.3 is 0 Å². The van der Waals surface area contributed by atoms with E-state index in [1.54, 1.807) is 16.9 Å². The minimum absolute atomic E-state index is 0.00143. The average Bonchev–Trinajstić information content (AvgIpc) is 3.44. The van der Waals surface area contributed by atoms with E-state index in [1.807, 2.05) is 37.3 Å². The molecular weight excluding hydrogens is 424 g/mol. The maximum atomic E-state index is 13.4. The topological polar surface area (TPSA) is 81.5 Å². The van der Waals surface area contributed by atoms with E-state index in [1.165, 1.54) is 0 Å². The molecule has 1 aromatic heterocycles. The lowest BCUT2D eigenvalue weighted by atomic mass is 10.1. The second kappa shape index (κ2) is 12.3. The van der Waals surface area contributed by atoms with Crippen LogP contribution in [0.15, 0.2) is 34.7 Å². The number of unbranched alkanes of at least 4 members (excludes halogenated alkanes) is 2. The number of amides is 2. The summed E-state index contributed by atoms with van der Waals surface area (Å²) in [5.74, 6) is 2.67. The summed E-state index contributed by atoms with van der Waals surface area (Å²) in [4.78, 5) is 29.5. The van der Waals surface area contributed by atoms with Gasteiger partial charge in [-0.2, -0.15) is 0 Å². The molecule has 0 unspecified atom stereocenters. The molecule has 0 bridgehead atoms. The number of fused-ring (bicyclic) bond motifs is 1. The molecule has 3 rings (SSSR count). The number of carbonyl (C=O) groups excluding carboxylic acids is 2. The Kier molecular flexibility index (Phi) is 9.18. The molecule has 1 aromatic carbocycles. The lowest BCUT2D eigenvalue weighted by Gasteiger charge is -2.27. The lowest BCUT2D eigenvalue weighted by Crippen LogP contribution is -2.43. The summed E-state index contributed by atoms with van der Waals surface area (Å²) in [6, 6.07) is 9.39. The summed E-state index contributed by atoms with van der Waals surface area (Å²) < 4.78 is 21.8. The van der Waals surface area contributed by atoms with Gasteiger partial charge in [0.15, 0.2) is 11.5 Å². The first-order valence-electron chi connectivity index (χ1n) is 11.5. The second-order valence-corrected chi connectivity index (χ2v) is 8.21. The second-order valence-electron chi connectivity index (χ2n) is 8.21. The predicted molar refractivity (Wildman–Crippen MR) is 123 cm³/mol. The Hall–Kier alpha value is -3.00. The SMILES string of the molecule is CCCCCC(=O)N(CCOC)CC(=O)N(Cc1ccc2c(c1)OCO2)Cc1ccc(C)o1. The van der Waals surface area contributed by atoms with E-state index < -0.39 is 0 Å². The Morgan fingerprint density at radius 3 is 2.55 bits per heavy atom. The molecule has 0 aliphatic carbocycles. The normalized spacial score (nSPS) is 12.1. The zero-order valence-corrected chi connectivity index (χ0v) is 19.8. The van der Waals surface area contributed by atoms with Crippen LogP contribution in [0.5, 0.6) is 11.5 Å². The fourth-order valence-electron chi connectivity index (χ4n) is 3.69. The molecular formula is C25H34N2O6. The van der Waals surface area contributed by atoms with E-state index in [2.05, 4.69) is 6.92 Å². The molecule has 0 saturated carbocycles. The lowest BCUT2D eigenvalue weighted by molar-refractivity contribution is -0.142. The highest BCUT2D eigenvalue weighted by Crippen LogP contribution is 2.33. The van der Waals surface area contributed by atoms with Crippen molar-refractivity contribution in [2.75, 3.05) is 33.6 Å². The Bertz CT molecular complexity index is 925. The van der Waals surface area contributed by atoms with Crippen LogP contribution in [0.1, 0.15) is 49.7 Å². The highest BCUT2D eigenvalue weighted by atomic mass is 16.7. The molecule has 180 valence electrons. The van der Waals surface area contributed by atoms with E-state index in [9.17, 15) is 9.59 Å². The fraction of sp³-hybridized carbons (Fsp3) is 0.520. The summed E-state index contributed by atoms with van der Waals surface area (Å²) >= 11 is 0. The van der Waals surface area contributed by atoms with Crippen LogP contribution in [0.4, 0.5) is 0 Å². The first-order chi connectivity index (χ1) is 16.0. The van der Waals surface area contributed by atoms with Gasteiger partial charge in [-0.05, 0) is 43.2 Å². The number of furan rings is 1. The maximum absolute atomic E-state index is 13.4. The van der Waals surface area contributed by atoms with Crippen molar-refractivity contribution in [1.29, 1.82) is 0 Å². The molecule has 8 heteroatoms. The third-order valence-electron chi connectivity index (χ3n) is 5.54. The minimum Gasteiger partial charge on any atom is -0.464 e. The highest BCUT2D eigenvalue weighted by Gasteiger charge is 2.23. The Balaban J connectivity index is 1.73. The fourth-order valence-corrected chi connectivity index (χ4v) is 3.69. The highest BCUT2D eigenvalue weighted by molar-refractivity contribution is 5.84. The average molecular weight is 459 g/mol. The van der Waals surface area contributed by atoms with Crippen LogP contribution in [0, 0.1) is 6.92 Å². The number of carbonyl (C=O) groups is 2. The van der Waals surface area contributed by atoms with Crippen molar-refractivity contribution in [3.63, 3.8) is 0 Å². The van der Waals surface area contributed by atoms with E-state index in [0.717, 1.165) is 30.6 Å². The number of rotatable bonds is 13. The first-order valence-corrected chi connectivity index (χ1v) is 11.5. The van der Waals surface area contributed by atoms with E-state index in [-0.39, 0.29) is 25.2 Å². The standard InChI is InChI=1S/C25H34N2O6/c1-4-5-6-7-24(28)26(12-13-30-3)17-25(29)27(16-21-10-8-19(2)33-21)15-20-9-11-22-23(14-20)32-18-31-22/h8-11,14H,4-7,12-13,15-18H2,1-3H3. The minimum atomic E-state index is -0.151. The Labute approximate surface area is 195 Å². The molecule has 0 N–H and O–H groups in total. The Morgan fingerprint density at radius 1 is 1.00 bits per heavy atom. The van der Waals surface area contributed by atoms with Gasteiger partial charge in [0.2, 0.25) is 18.6 Å². The van der Waals surface area contributed by atoms with E-state index in [0.29, 0.717) is 49.9 Å². The molecule has 0 saturated heterocycles. The van der Waals surface area contributed by atoms with Crippen LogP contribution < -0.4 is 9.47 Å². The predicted octanol–water partition coefficient (Wildman–Crippen LogP) is 3.90. The Morgan fingerprint density at radius 2 is 1.82 bits per heavy atom. The summed E-state index contributed by atoms with van der Waals surface area (Å²) in [5.41, 5.74) is 0.911. The van der Waals surface area contributed by atoms with Gasteiger partial charge in [-0.15, -0.1) is 0 Å². The van der Waals surface area contributed by atoms with Gasteiger partial charge in [-0.3, -0.25) is 9.59 Å². The van der Waals surface area contributed by atoms with Crippen molar-refractivity contribution in [2.45, 2.75) is 52.6 Å². The van der Waals surface area contributed by atoms with Crippen LogP contribution in [0.3, 0.4) is 0 Å². The summed E-state index contributed by atoms with van der Waals surface area (Å²) in [6.45, 7) is 5.59. The van der Waals surface area contributed by atoms with E-state index in [4.69, 9.17) is 18.6 Å². The quantitative estimate of drug-likeness (QED) is 0.424. The zero-order chi connectivity index (χ0) is 23.6. The van der Waals surface area contributed by atoms with Crippen LogP contribution in [0.25, 0.3) is 0 Å². The van der Waals surface area contributed by atoms with Crippen LogP contribution in [-0.2, 0) is 27.4 Å². The number of nitrogens with zero attached hydrogens (tertiary/aromatic N) is 2. The van der Waals surface area contributed by atoms with Gasteiger partial charge in [0.05, 0.1) is 19.7 Å². The summed E-state index contributed by atoms with van der Waals surface area (Å²) in [7, 11) is 1.59. The molecule has 0 radical (unpaired) electrons. The van der Waals surface area contributed by atoms with Gasteiger partial charge in [-0.25, -0.2) is 0 Å². The molecule has 2 amide bonds. The van der Waals surface area contributed by atoms with Crippen LogP contribution in [-0.4, -0.2) is 55.2 Å². The van der Waals surface area contributed by atoms with Gasteiger partial charge in [0.1, 0.15) is 11.5 Å². The molecule has 1 aliphatic rings. The van der Waals surface area contributed by atoms with Crippen molar-refractivity contribution >= 4 is 11.8 Å². The smallest absolute Gasteiger partial charge is 0.242 e. The molecule has 2 heterocycles. The van der Waals surface area contributed by atoms with Gasteiger partial charge in [-0.1, -0.05) is 25.8 Å². The number of hydrogen-bond acceptors (Lipinski definition) is 6. The summed E-state index contributed by atoms with van der Waals surface area (Å²) in [6.07, 6.45) is 3.28. The molecule has 0 fully saturated rings. The largest absolute Gasteiger partial charge is 0.464 e. The molecule has 0 spiro atoms. The number of ether oxygens (including phenoxy) is 3. The van der Waals surface area contributed by atoms with Crippen LogP contribution in [0.2, 0.25) is 0 Å². The first kappa shape index (κ1) is 24.6. The maximum Gasteiger partial charge on any atom is 0.242 e. The van der Waals surface area contributed by atoms with Crippen molar-refractivity contribution in [3.05, 3.63) is 47.4 Å². The van der Waals surface area contributed by atoms with Crippen molar-refractivity contribution < 1.29 is 28.2 Å². The molecule has 1 aliphatic heterocycles. The summed E-state index contributed by atoms with van der Waals surface area (Å²) in [5, 5.41) is 0. The zero-order valence-electron chi connectivity index (χ0n) is 19.8. The van der Waals surface area contributed by atoms with Gasteiger partial charge < -0.3 is 28.4 Å². The van der Waals surface area contributed by atoms with Crippen LogP contribution >= 0.6 is 0 Å². The van der Waals surface area contributed by atoms with Crippen molar-refractivity contribution in [1.82, 2.24) is 9.80 Å². The monoisotopic (exact) mass is 458 g/mol. The third-order valence-corrected chi connectivity index (χ3v) is 5.54. The molecule has 2 aromatic rings. The van der Waals surface area contributed by atoms with Crippen molar-refractivity contribution in [3.8, 4) is 11.5 Å². The molecule has 0 atom stereocenters. The van der Waals surface area contributed by atoms with Gasteiger partial charge in [0, 0.05) is 26.6 Å². The molecule has 8 nitrogen and oxygen atoms in total. The van der Waals surface area contributed by atoms with Gasteiger partial charge in [0.25, 0.3) is 0 Å². The number of methoxy groups -OCH3 is 1. The van der Waals surface area contributed by atoms with Crippen molar-refractivity contribution in [2.24, 2.45) is 0 Å². The third kappa shape index (κ3) is 7.25. The number of aryl methyl sites for hydroxylation is 1. The number of benzene rings is 1. The molecule has 33 heavy (non-hydrogen) atoms. The van der Waals surface area contributed by atoms with E-state index >= 15 is 0 Å².